The first-order valence-corrected chi connectivity index (χ1v) is 6.36. The molecule has 5 nitrogen and oxygen atoms in total. The molecule has 1 fully saturated rings. The summed E-state index contributed by atoms with van der Waals surface area (Å²) in [4.78, 5) is 0. The van der Waals surface area contributed by atoms with Gasteiger partial charge in [0, 0.05) is 6.07 Å². The van der Waals surface area contributed by atoms with Crippen molar-refractivity contribution in [3.8, 4) is 0 Å². The molecule has 0 aliphatic heterocycles. The largest absolute Gasteiger partial charge is 0.383 e. The zero-order chi connectivity index (χ0) is 10.3. The molecule has 2 rings (SSSR count). The zero-order valence-electron chi connectivity index (χ0n) is 7.97. The van der Waals surface area contributed by atoms with Gasteiger partial charge in [0.1, 0.15) is 5.82 Å². The number of rotatable bonds is 3. The highest BCUT2D eigenvalue weighted by molar-refractivity contribution is 7.89. The molecule has 1 aromatic heterocycles. The summed E-state index contributed by atoms with van der Waals surface area (Å²) in [7, 11) is -3.35. The predicted molar refractivity (Wildman–Crippen MR) is 53.3 cm³/mol. The maximum absolute atomic E-state index is 11.2. The van der Waals surface area contributed by atoms with E-state index >= 15 is 0 Å². The van der Waals surface area contributed by atoms with Crippen molar-refractivity contribution in [3.05, 3.63) is 11.8 Å². The number of nitrogens with two attached hydrogens (primary N) is 1. The Morgan fingerprint density at radius 1 is 1.64 bits per heavy atom. The van der Waals surface area contributed by atoms with Crippen LogP contribution < -0.4 is 5.73 Å². The fourth-order valence-corrected chi connectivity index (χ4v) is 2.10. The molecule has 0 bridgehead atoms. The predicted octanol–water partition coefficient (Wildman–Crippen LogP) is 0.225. The molecule has 1 aromatic rings. The van der Waals surface area contributed by atoms with Crippen LogP contribution in [0.15, 0.2) is 6.07 Å². The summed E-state index contributed by atoms with van der Waals surface area (Å²) in [6.07, 6.45) is 4.36. The van der Waals surface area contributed by atoms with E-state index < -0.39 is 10.0 Å². The standard InChI is InChI=1S/C8H13N3O2S/c1-14(12,13)11-8(9)5-7(10-11)4-6-2-3-6/h5-6H,2-4,9H2,1H3. The van der Waals surface area contributed by atoms with Crippen molar-refractivity contribution in [3.63, 3.8) is 0 Å². The van der Waals surface area contributed by atoms with Gasteiger partial charge in [-0.05, 0) is 25.2 Å². The maximum Gasteiger partial charge on any atom is 0.252 e. The lowest BCUT2D eigenvalue weighted by atomic mass is 10.2. The van der Waals surface area contributed by atoms with E-state index in [9.17, 15) is 8.42 Å². The van der Waals surface area contributed by atoms with Crippen LogP contribution in [0.5, 0.6) is 0 Å². The number of aromatic nitrogens is 2. The lowest BCUT2D eigenvalue weighted by Gasteiger charge is -1.98. The average Bonchev–Trinajstić information content (AvgIpc) is 2.73. The van der Waals surface area contributed by atoms with Gasteiger partial charge in [-0.15, -0.1) is 4.09 Å². The maximum atomic E-state index is 11.2. The lowest BCUT2D eigenvalue weighted by molar-refractivity contribution is 0.586. The Labute approximate surface area is 83.0 Å². The summed E-state index contributed by atoms with van der Waals surface area (Å²) >= 11 is 0. The van der Waals surface area contributed by atoms with Gasteiger partial charge in [-0.1, -0.05) is 0 Å². The normalized spacial score (nSPS) is 17.2. The molecule has 6 heteroatoms. The molecule has 1 aliphatic rings. The van der Waals surface area contributed by atoms with Gasteiger partial charge in [-0.3, -0.25) is 0 Å². The van der Waals surface area contributed by atoms with Crippen molar-refractivity contribution >= 4 is 15.8 Å². The molecule has 0 radical (unpaired) electrons. The average molecular weight is 215 g/mol. The van der Waals surface area contributed by atoms with E-state index in [4.69, 9.17) is 5.73 Å². The Balaban J connectivity index is 2.28. The van der Waals surface area contributed by atoms with E-state index in [0.29, 0.717) is 5.92 Å². The third-order valence-electron chi connectivity index (χ3n) is 2.26. The molecule has 0 saturated heterocycles. The topological polar surface area (TPSA) is 78.0 Å². The van der Waals surface area contributed by atoms with Gasteiger partial charge >= 0.3 is 0 Å². The Kier molecular flexibility index (Phi) is 2.02. The summed E-state index contributed by atoms with van der Waals surface area (Å²) < 4.78 is 23.3. The SMILES string of the molecule is CS(=O)(=O)n1nc(CC2CC2)cc1N. The minimum atomic E-state index is -3.35. The van der Waals surface area contributed by atoms with Gasteiger partial charge in [-0.25, -0.2) is 8.42 Å². The summed E-state index contributed by atoms with van der Waals surface area (Å²) in [5, 5.41) is 3.96. The molecular weight excluding hydrogens is 202 g/mol. The van der Waals surface area contributed by atoms with E-state index in [2.05, 4.69) is 5.10 Å². The Hall–Kier alpha value is -1.04. The van der Waals surface area contributed by atoms with Crippen molar-refractivity contribution in [2.24, 2.45) is 5.92 Å². The Morgan fingerprint density at radius 2 is 2.29 bits per heavy atom. The molecule has 0 aromatic carbocycles. The minimum absolute atomic E-state index is 0.197. The van der Waals surface area contributed by atoms with Crippen LogP contribution in [0.2, 0.25) is 0 Å². The first kappa shape index (κ1) is 9.51. The monoisotopic (exact) mass is 215 g/mol. The first-order valence-electron chi connectivity index (χ1n) is 4.52. The summed E-state index contributed by atoms with van der Waals surface area (Å²) in [5.41, 5.74) is 6.32. The number of nitrogen functional groups attached to an aromatic ring is 1. The van der Waals surface area contributed by atoms with Crippen LogP contribution in [0.1, 0.15) is 18.5 Å². The number of anilines is 1. The van der Waals surface area contributed by atoms with Crippen molar-refractivity contribution in [1.29, 1.82) is 0 Å². The molecule has 0 unspecified atom stereocenters. The molecule has 0 atom stereocenters. The van der Waals surface area contributed by atoms with Crippen LogP contribution in [0.3, 0.4) is 0 Å². The van der Waals surface area contributed by atoms with Crippen LogP contribution in [0.4, 0.5) is 5.82 Å². The van der Waals surface area contributed by atoms with E-state index in [0.717, 1.165) is 22.5 Å². The Morgan fingerprint density at radius 3 is 2.71 bits per heavy atom. The van der Waals surface area contributed by atoms with E-state index in [1.54, 1.807) is 6.07 Å². The third kappa shape index (κ3) is 1.89. The first-order chi connectivity index (χ1) is 6.47. The highest BCUT2D eigenvalue weighted by Crippen LogP contribution is 2.32. The van der Waals surface area contributed by atoms with Gasteiger partial charge in [0.2, 0.25) is 0 Å². The molecule has 0 amide bonds. The third-order valence-corrected chi connectivity index (χ3v) is 3.18. The fraction of sp³-hybridized carbons (Fsp3) is 0.625. The van der Waals surface area contributed by atoms with Gasteiger partial charge in [0.15, 0.2) is 0 Å². The molecule has 0 spiro atoms. The van der Waals surface area contributed by atoms with Crippen molar-refractivity contribution < 1.29 is 8.42 Å². The number of nitrogens with zero attached hydrogens (tertiary/aromatic N) is 2. The lowest BCUT2D eigenvalue weighted by Crippen LogP contribution is -2.14. The Bertz CT molecular complexity index is 445. The minimum Gasteiger partial charge on any atom is -0.383 e. The smallest absolute Gasteiger partial charge is 0.252 e. The molecule has 78 valence electrons. The second-order valence-corrected chi connectivity index (χ2v) is 5.63. The zero-order valence-corrected chi connectivity index (χ0v) is 8.79. The van der Waals surface area contributed by atoms with Gasteiger partial charge < -0.3 is 5.73 Å². The van der Waals surface area contributed by atoms with Crippen molar-refractivity contribution in [2.75, 3.05) is 12.0 Å². The van der Waals surface area contributed by atoms with Crippen molar-refractivity contribution in [1.82, 2.24) is 9.19 Å². The van der Waals surface area contributed by atoms with Gasteiger partial charge in [0.25, 0.3) is 10.0 Å². The van der Waals surface area contributed by atoms with Crippen LogP contribution in [-0.2, 0) is 16.4 Å². The van der Waals surface area contributed by atoms with E-state index in [1.165, 1.54) is 12.8 Å². The number of hydrogen-bond donors (Lipinski definition) is 1. The molecule has 1 heterocycles. The van der Waals surface area contributed by atoms with E-state index in [1.807, 2.05) is 0 Å². The van der Waals surface area contributed by atoms with Crippen LogP contribution in [0.25, 0.3) is 0 Å². The molecular formula is C8H13N3O2S. The molecule has 2 N–H and O–H groups in total. The van der Waals surface area contributed by atoms with E-state index in [-0.39, 0.29) is 5.82 Å². The fourth-order valence-electron chi connectivity index (χ4n) is 1.41. The second kappa shape index (κ2) is 2.98. The highest BCUT2D eigenvalue weighted by atomic mass is 32.2. The highest BCUT2D eigenvalue weighted by Gasteiger charge is 2.24. The van der Waals surface area contributed by atoms with Crippen LogP contribution >= 0.6 is 0 Å². The summed E-state index contributed by atoms with van der Waals surface area (Å²) in [6.45, 7) is 0. The van der Waals surface area contributed by atoms with Gasteiger partial charge in [-0.2, -0.15) is 5.10 Å². The molecule has 1 aliphatic carbocycles. The quantitative estimate of drug-likeness (QED) is 0.782. The van der Waals surface area contributed by atoms with Crippen LogP contribution in [-0.4, -0.2) is 23.9 Å². The number of hydrogen-bond acceptors (Lipinski definition) is 4. The summed E-state index contributed by atoms with van der Waals surface area (Å²) in [5.74, 6) is 0.875. The van der Waals surface area contributed by atoms with Gasteiger partial charge in [0.05, 0.1) is 11.9 Å². The molecule has 1 saturated carbocycles. The molecule has 14 heavy (non-hydrogen) atoms. The van der Waals surface area contributed by atoms with Crippen molar-refractivity contribution in [2.45, 2.75) is 19.3 Å². The second-order valence-electron chi connectivity index (χ2n) is 3.81. The summed E-state index contributed by atoms with van der Waals surface area (Å²) in [6, 6.07) is 1.64. The van der Waals surface area contributed by atoms with Crippen LogP contribution in [0, 0.1) is 5.92 Å².